The van der Waals surface area contributed by atoms with Crippen molar-refractivity contribution >= 4 is 5.91 Å². The summed E-state index contributed by atoms with van der Waals surface area (Å²) in [7, 11) is 1.78. The minimum atomic E-state index is 0.139. The SMILES string of the molecule is CC.CC#CC(C)CN(CC)C(=O)CNC. The van der Waals surface area contributed by atoms with Gasteiger partial charge >= 0.3 is 0 Å². The second kappa shape index (κ2) is 12.1. The monoisotopic (exact) mass is 226 g/mol. The molecular weight excluding hydrogens is 200 g/mol. The zero-order chi connectivity index (χ0) is 13.0. The van der Waals surface area contributed by atoms with Crippen LogP contribution in [0.1, 0.15) is 34.6 Å². The number of nitrogens with one attached hydrogen (secondary N) is 1. The van der Waals surface area contributed by atoms with Crippen molar-refractivity contribution in [3.8, 4) is 11.8 Å². The third-order valence-corrected chi connectivity index (χ3v) is 1.95. The molecule has 0 aliphatic heterocycles. The summed E-state index contributed by atoms with van der Waals surface area (Å²) in [6.45, 7) is 11.7. The molecule has 0 aliphatic rings. The Hall–Kier alpha value is -1.01. The highest BCUT2D eigenvalue weighted by Gasteiger charge is 2.12. The molecule has 0 fully saturated rings. The summed E-state index contributed by atoms with van der Waals surface area (Å²) >= 11 is 0. The number of carbonyl (C=O) groups excluding carboxylic acids is 1. The fraction of sp³-hybridized carbons (Fsp3) is 0.769. The summed E-state index contributed by atoms with van der Waals surface area (Å²) in [6.07, 6.45) is 0. The molecule has 1 N–H and O–H groups in total. The topological polar surface area (TPSA) is 32.3 Å². The zero-order valence-electron chi connectivity index (χ0n) is 11.6. The second-order valence-corrected chi connectivity index (χ2v) is 3.26. The van der Waals surface area contributed by atoms with Gasteiger partial charge in [-0.05, 0) is 27.8 Å². The van der Waals surface area contributed by atoms with Crippen molar-refractivity contribution in [2.24, 2.45) is 5.92 Å². The Balaban J connectivity index is 0. The van der Waals surface area contributed by atoms with Crippen LogP contribution in [0.4, 0.5) is 0 Å². The maximum Gasteiger partial charge on any atom is 0.236 e. The largest absolute Gasteiger partial charge is 0.341 e. The summed E-state index contributed by atoms with van der Waals surface area (Å²) < 4.78 is 0. The molecule has 3 heteroatoms. The smallest absolute Gasteiger partial charge is 0.236 e. The van der Waals surface area contributed by atoms with Gasteiger partial charge in [0.1, 0.15) is 0 Å². The number of likely N-dealkylation sites (N-methyl/N-ethyl adjacent to an activating group) is 2. The van der Waals surface area contributed by atoms with E-state index in [9.17, 15) is 4.79 Å². The van der Waals surface area contributed by atoms with E-state index < -0.39 is 0 Å². The van der Waals surface area contributed by atoms with E-state index in [1.807, 2.05) is 39.5 Å². The molecule has 0 saturated carbocycles. The van der Waals surface area contributed by atoms with Gasteiger partial charge in [-0.25, -0.2) is 0 Å². The predicted octanol–water partition coefficient (Wildman–Crippen LogP) is 1.74. The molecule has 0 aromatic heterocycles. The lowest BCUT2D eigenvalue weighted by atomic mass is 10.1. The summed E-state index contributed by atoms with van der Waals surface area (Å²) in [4.78, 5) is 13.4. The van der Waals surface area contributed by atoms with Gasteiger partial charge in [0.2, 0.25) is 5.91 Å². The highest BCUT2D eigenvalue weighted by molar-refractivity contribution is 5.78. The molecular formula is C13H26N2O. The summed E-state index contributed by atoms with van der Waals surface area (Å²) in [6, 6.07) is 0. The van der Waals surface area contributed by atoms with Crippen LogP contribution in [0.15, 0.2) is 0 Å². The Morgan fingerprint density at radius 1 is 1.44 bits per heavy atom. The third-order valence-electron chi connectivity index (χ3n) is 1.95. The third kappa shape index (κ3) is 8.31. The van der Waals surface area contributed by atoms with Gasteiger partial charge in [-0.2, -0.15) is 0 Å². The van der Waals surface area contributed by atoms with Gasteiger partial charge in [0, 0.05) is 19.0 Å². The standard InChI is InChI=1S/C11H20N2O.C2H6/c1-5-7-10(3)9-13(6-2)11(14)8-12-4;1-2/h10,12H,6,8-9H2,1-4H3;1-2H3. The van der Waals surface area contributed by atoms with Crippen LogP contribution in [0.3, 0.4) is 0 Å². The van der Waals surface area contributed by atoms with Gasteiger partial charge in [-0.1, -0.05) is 19.8 Å². The Bertz CT molecular complexity index is 228. The van der Waals surface area contributed by atoms with E-state index in [1.54, 1.807) is 7.05 Å². The predicted molar refractivity (Wildman–Crippen MR) is 70.1 cm³/mol. The number of hydrogen-bond donors (Lipinski definition) is 1. The molecule has 0 spiro atoms. The number of rotatable bonds is 5. The van der Waals surface area contributed by atoms with Crippen molar-refractivity contribution in [1.82, 2.24) is 10.2 Å². The zero-order valence-corrected chi connectivity index (χ0v) is 11.6. The molecule has 0 radical (unpaired) electrons. The lowest BCUT2D eigenvalue weighted by Gasteiger charge is -2.22. The van der Waals surface area contributed by atoms with E-state index >= 15 is 0 Å². The van der Waals surface area contributed by atoms with Gasteiger partial charge in [0.15, 0.2) is 0 Å². The Labute approximate surface area is 101 Å². The van der Waals surface area contributed by atoms with E-state index in [4.69, 9.17) is 0 Å². The van der Waals surface area contributed by atoms with E-state index in [0.717, 1.165) is 13.1 Å². The number of carbonyl (C=O) groups is 1. The minimum absolute atomic E-state index is 0.139. The molecule has 0 bridgehead atoms. The van der Waals surface area contributed by atoms with Gasteiger partial charge in [-0.15, -0.1) is 5.92 Å². The van der Waals surface area contributed by atoms with Crippen molar-refractivity contribution < 1.29 is 4.79 Å². The molecule has 1 unspecified atom stereocenters. The average molecular weight is 226 g/mol. The highest BCUT2D eigenvalue weighted by Crippen LogP contribution is 1.98. The van der Waals surface area contributed by atoms with Gasteiger partial charge < -0.3 is 10.2 Å². The molecule has 0 rings (SSSR count). The number of hydrogen-bond acceptors (Lipinski definition) is 2. The molecule has 0 aliphatic carbocycles. The van der Waals surface area contributed by atoms with Crippen LogP contribution < -0.4 is 5.32 Å². The summed E-state index contributed by atoms with van der Waals surface area (Å²) in [5.41, 5.74) is 0. The first kappa shape index (κ1) is 17.4. The normalized spacial score (nSPS) is 10.4. The fourth-order valence-corrected chi connectivity index (χ4v) is 1.29. The van der Waals surface area contributed by atoms with Crippen LogP contribution >= 0.6 is 0 Å². The summed E-state index contributed by atoms with van der Waals surface area (Å²) in [5.74, 6) is 6.30. The van der Waals surface area contributed by atoms with E-state index in [0.29, 0.717) is 6.54 Å². The molecule has 0 heterocycles. The lowest BCUT2D eigenvalue weighted by Crippen LogP contribution is -2.39. The van der Waals surface area contributed by atoms with E-state index in [1.165, 1.54) is 0 Å². The Morgan fingerprint density at radius 2 is 2.00 bits per heavy atom. The highest BCUT2D eigenvalue weighted by atomic mass is 16.2. The Kier molecular flexibility index (Phi) is 13.1. The van der Waals surface area contributed by atoms with E-state index in [-0.39, 0.29) is 11.8 Å². The second-order valence-electron chi connectivity index (χ2n) is 3.26. The average Bonchev–Trinajstić information content (AvgIpc) is 2.29. The van der Waals surface area contributed by atoms with Gasteiger partial charge in [0.05, 0.1) is 6.54 Å². The quantitative estimate of drug-likeness (QED) is 0.724. The van der Waals surface area contributed by atoms with Crippen LogP contribution in [-0.2, 0) is 4.79 Å². The number of amides is 1. The Morgan fingerprint density at radius 3 is 2.38 bits per heavy atom. The minimum Gasteiger partial charge on any atom is -0.341 e. The molecule has 1 amide bonds. The fourth-order valence-electron chi connectivity index (χ4n) is 1.29. The van der Waals surface area contributed by atoms with Crippen molar-refractivity contribution in [3.63, 3.8) is 0 Å². The lowest BCUT2D eigenvalue weighted by molar-refractivity contribution is -0.130. The first-order chi connectivity index (χ1) is 7.65. The van der Waals surface area contributed by atoms with Crippen LogP contribution in [0.5, 0.6) is 0 Å². The van der Waals surface area contributed by atoms with Crippen LogP contribution in [0, 0.1) is 17.8 Å². The van der Waals surface area contributed by atoms with Crippen molar-refractivity contribution in [2.45, 2.75) is 34.6 Å². The van der Waals surface area contributed by atoms with Gasteiger partial charge in [-0.3, -0.25) is 4.79 Å². The summed E-state index contributed by atoms with van der Waals surface area (Å²) in [5, 5.41) is 2.86. The van der Waals surface area contributed by atoms with Gasteiger partial charge in [0.25, 0.3) is 0 Å². The first-order valence-electron chi connectivity index (χ1n) is 6.00. The van der Waals surface area contributed by atoms with Crippen LogP contribution in [-0.4, -0.2) is 37.5 Å². The molecule has 3 nitrogen and oxygen atoms in total. The number of nitrogens with zero attached hydrogens (tertiary/aromatic N) is 1. The molecule has 0 aromatic rings. The van der Waals surface area contributed by atoms with Crippen molar-refractivity contribution in [3.05, 3.63) is 0 Å². The van der Waals surface area contributed by atoms with Crippen LogP contribution in [0.25, 0.3) is 0 Å². The van der Waals surface area contributed by atoms with Crippen molar-refractivity contribution in [1.29, 1.82) is 0 Å². The molecule has 94 valence electrons. The molecule has 0 aromatic carbocycles. The van der Waals surface area contributed by atoms with Crippen molar-refractivity contribution in [2.75, 3.05) is 26.7 Å². The maximum absolute atomic E-state index is 11.5. The molecule has 0 saturated heterocycles. The maximum atomic E-state index is 11.5. The molecule has 16 heavy (non-hydrogen) atoms. The van der Waals surface area contributed by atoms with E-state index in [2.05, 4.69) is 17.2 Å². The molecule has 1 atom stereocenters. The first-order valence-corrected chi connectivity index (χ1v) is 6.00. The van der Waals surface area contributed by atoms with Crippen LogP contribution in [0.2, 0.25) is 0 Å².